The Morgan fingerprint density at radius 1 is 1.35 bits per heavy atom. The molecule has 1 aromatic rings. The summed E-state index contributed by atoms with van der Waals surface area (Å²) in [6, 6.07) is 5.05. The van der Waals surface area contributed by atoms with Crippen LogP contribution in [0.2, 0.25) is 0 Å². The van der Waals surface area contributed by atoms with Crippen molar-refractivity contribution in [1.29, 1.82) is 0 Å². The van der Waals surface area contributed by atoms with E-state index in [4.69, 9.17) is 15.2 Å². The molecule has 5 heteroatoms. The molecule has 1 atom stereocenters. The molecule has 0 aromatic heterocycles. The summed E-state index contributed by atoms with van der Waals surface area (Å²) < 4.78 is 11.9. The Hall–Kier alpha value is -0.780. The van der Waals surface area contributed by atoms with Gasteiger partial charge in [-0.1, -0.05) is 12.8 Å². The largest absolute Gasteiger partial charge is 0.454 e. The highest BCUT2D eigenvalue weighted by Crippen LogP contribution is 2.42. The number of hydrogen-bond donors (Lipinski definition) is 1. The lowest BCUT2D eigenvalue weighted by molar-refractivity contribution is 0.172. The SMILES string of the molecule is CN(C1CCCC1)C(CN)c1cc(Br)c2c(c1)OCO2. The second-order valence-electron chi connectivity index (χ2n) is 5.59. The Morgan fingerprint density at radius 3 is 2.80 bits per heavy atom. The number of nitrogens with zero attached hydrogens (tertiary/aromatic N) is 1. The van der Waals surface area contributed by atoms with Crippen LogP contribution >= 0.6 is 15.9 Å². The molecule has 1 fully saturated rings. The van der Waals surface area contributed by atoms with Crippen molar-refractivity contribution in [3.05, 3.63) is 22.2 Å². The average Bonchev–Trinajstić information content (AvgIpc) is 3.10. The fourth-order valence-corrected chi connectivity index (χ4v) is 3.86. The minimum atomic E-state index is 0.226. The van der Waals surface area contributed by atoms with Crippen molar-refractivity contribution in [3.63, 3.8) is 0 Å². The maximum atomic E-state index is 6.04. The number of fused-ring (bicyclic) bond motifs is 1. The van der Waals surface area contributed by atoms with Crippen LogP contribution in [-0.4, -0.2) is 31.3 Å². The smallest absolute Gasteiger partial charge is 0.231 e. The summed E-state index contributed by atoms with van der Waals surface area (Å²) in [6.07, 6.45) is 5.21. The molecule has 0 saturated heterocycles. The summed E-state index contributed by atoms with van der Waals surface area (Å²) in [4.78, 5) is 2.43. The number of hydrogen-bond acceptors (Lipinski definition) is 4. The van der Waals surface area contributed by atoms with Gasteiger partial charge in [0.25, 0.3) is 0 Å². The van der Waals surface area contributed by atoms with Crippen molar-refractivity contribution in [2.75, 3.05) is 20.4 Å². The quantitative estimate of drug-likeness (QED) is 0.914. The Bertz CT molecular complexity index is 489. The highest BCUT2D eigenvalue weighted by atomic mass is 79.9. The molecule has 4 nitrogen and oxygen atoms in total. The van der Waals surface area contributed by atoms with Crippen molar-refractivity contribution in [1.82, 2.24) is 4.90 Å². The van der Waals surface area contributed by atoms with Crippen LogP contribution in [0.1, 0.15) is 37.3 Å². The molecule has 1 heterocycles. The third kappa shape index (κ3) is 2.54. The summed E-state index contributed by atoms with van der Waals surface area (Å²) in [5, 5.41) is 0. The first-order chi connectivity index (χ1) is 9.70. The van der Waals surface area contributed by atoms with Crippen molar-refractivity contribution < 1.29 is 9.47 Å². The van der Waals surface area contributed by atoms with Gasteiger partial charge in [0.05, 0.1) is 4.47 Å². The lowest BCUT2D eigenvalue weighted by Gasteiger charge is -2.32. The summed E-state index contributed by atoms with van der Waals surface area (Å²) in [5.41, 5.74) is 7.23. The number of halogens is 1. The zero-order valence-corrected chi connectivity index (χ0v) is 13.4. The lowest BCUT2D eigenvalue weighted by Crippen LogP contribution is -2.37. The van der Waals surface area contributed by atoms with Crippen LogP contribution in [0.3, 0.4) is 0 Å². The van der Waals surface area contributed by atoms with Crippen molar-refractivity contribution in [3.8, 4) is 11.5 Å². The number of nitrogens with two attached hydrogens (primary N) is 1. The molecule has 20 heavy (non-hydrogen) atoms. The summed E-state index contributed by atoms with van der Waals surface area (Å²) in [7, 11) is 2.19. The van der Waals surface area contributed by atoms with Crippen LogP contribution in [-0.2, 0) is 0 Å². The lowest BCUT2D eigenvalue weighted by atomic mass is 10.0. The molecular weight excluding hydrogens is 320 g/mol. The van der Waals surface area contributed by atoms with Gasteiger partial charge < -0.3 is 15.2 Å². The molecule has 0 amide bonds. The molecular formula is C15H21BrN2O2. The summed E-state index contributed by atoms with van der Waals surface area (Å²) in [6.45, 7) is 0.905. The van der Waals surface area contributed by atoms with E-state index >= 15 is 0 Å². The number of likely N-dealkylation sites (N-methyl/N-ethyl adjacent to an activating group) is 1. The van der Waals surface area contributed by atoms with Crippen LogP contribution in [0.4, 0.5) is 0 Å². The molecule has 1 unspecified atom stereocenters. The normalized spacial score (nSPS) is 19.8. The van der Waals surface area contributed by atoms with Gasteiger partial charge in [-0.15, -0.1) is 0 Å². The van der Waals surface area contributed by atoms with Gasteiger partial charge in [-0.05, 0) is 53.5 Å². The number of ether oxygens (including phenoxy) is 2. The monoisotopic (exact) mass is 340 g/mol. The predicted molar refractivity (Wildman–Crippen MR) is 82.1 cm³/mol. The highest BCUT2D eigenvalue weighted by molar-refractivity contribution is 9.10. The number of benzene rings is 1. The second-order valence-corrected chi connectivity index (χ2v) is 6.45. The maximum absolute atomic E-state index is 6.04. The maximum Gasteiger partial charge on any atom is 0.231 e. The molecule has 0 spiro atoms. The van der Waals surface area contributed by atoms with Crippen LogP contribution in [0.25, 0.3) is 0 Å². The topological polar surface area (TPSA) is 47.7 Å². The van der Waals surface area contributed by atoms with E-state index in [2.05, 4.69) is 40.0 Å². The van der Waals surface area contributed by atoms with E-state index in [1.165, 1.54) is 31.2 Å². The van der Waals surface area contributed by atoms with E-state index in [1.807, 2.05) is 0 Å². The first-order valence-corrected chi connectivity index (χ1v) is 8.01. The molecule has 1 aliphatic carbocycles. The Kier molecular flexibility index (Phi) is 4.19. The van der Waals surface area contributed by atoms with E-state index in [1.54, 1.807) is 0 Å². The highest BCUT2D eigenvalue weighted by Gasteiger charge is 2.28. The minimum Gasteiger partial charge on any atom is -0.454 e. The molecule has 2 aliphatic rings. The van der Waals surface area contributed by atoms with Gasteiger partial charge in [0, 0.05) is 18.6 Å². The molecule has 1 aliphatic heterocycles. The fraction of sp³-hybridized carbons (Fsp3) is 0.600. The zero-order chi connectivity index (χ0) is 14.1. The van der Waals surface area contributed by atoms with Gasteiger partial charge in [0.1, 0.15) is 0 Å². The summed E-state index contributed by atoms with van der Waals surface area (Å²) in [5.74, 6) is 1.61. The molecule has 0 radical (unpaired) electrons. The molecule has 2 N–H and O–H groups in total. The Morgan fingerprint density at radius 2 is 2.10 bits per heavy atom. The first kappa shape index (κ1) is 14.2. The molecule has 0 bridgehead atoms. The van der Waals surface area contributed by atoms with Gasteiger partial charge >= 0.3 is 0 Å². The standard InChI is InChI=1S/C15H21BrN2O2/c1-18(11-4-2-3-5-11)13(8-17)10-6-12(16)15-14(7-10)19-9-20-15/h6-7,11,13H,2-5,8-9,17H2,1H3. The molecule has 1 saturated carbocycles. The van der Waals surface area contributed by atoms with Gasteiger partial charge in [-0.2, -0.15) is 0 Å². The van der Waals surface area contributed by atoms with E-state index in [0.717, 1.165) is 16.0 Å². The van der Waals surface area contributed by atoms with Crippen LogP contribution in [0, 0.1) is 0 Å². The second kappa shape index (κ2) is 5.92. The predicted octanol–water partition coefficient (Wildman–Crippen LogP) is 3.05. The molecule has 110 valence electrons. The van der Waals surface area contributed by atoms with Crippen molar-refractivity contribution in [2.45, 2.75) is 37.8 Å². The van der Waals surface area contributed by atoms with Crippen LogP contribution in [0.5, 0.6) is 11.5 Å². The average molecular weight is 341 g/mol. The fourth-order valence-electron chi connectivity index (χ4n) is 3.28. The third-order valence-electron chi connectivity index (χ3n) is 4.45. The van der Waals surface area contributed by atoms with Crippen molar-refractivity contribution >= 4 is 15.9 Å². The van der Waals surface area contributed by atoms with Crippen LogP contribution in [0.15, 0.2) is 16.6 Å². The van der Waals surface area contributed by atoms with Gasteiger partial charge in [0.15, 0.2) is 11.5 Å². The molecule has 3 rings (SSSR count). The van der Waals surface area contributed by atoms with E-state index in [-0.39, 0.29) is 6.04 Å². The van der Waals surface area contributed by atoms with E-state index in [0.29, 0.717) is 19.4 Å². The van der Waals surface area contributed by atoms with Gasteiger partial charge in [-0.3, -0.25) is 4.90 Å². The van der Waals surface area contributed by atoms with E-state index in [9.17, 15) is 0 Å². The van der Waals surface area contributed by atoms with Crippen molar-refractivity contribution in [2.24, 2.45) is 5.73 Å². The molecule has 1 aromatic carbocycles. The Balaban J connectivity index is 1.87. The first-order valence-electron chi connectivity index (χ1n) is 7.21. The van der Waals surface area contributed by atoms with Gasteiger partial charge in [0.2, 0.25) is 6.79 Å². The van der Waals surface area contributed by atoms with Crippen LogP contribution < -0.4 is 15.2 Å². The number of rotatable bonds is 4. The summed E-state index contributed by atoms with van der Waals surface area (Å²) >= 11 is 3.56. The minimum absolute atomic E-state index is 0.226. The zero-order valence-electron chi connectivity index (χ0n) is 11.8. The third-order valence-corrected chi connectivity index (χ3v) is 5.04. The van der Waals surface area contributed by atoms with E-state index < -0.39 is 0 Å². The Labute approximate surface area is 128 Å². The van der Waals surface area contributed by atoms with Gasteiger partial charge in [-0.25, -0.2) is 0 Å².